The van der Waals surface area contributed by atoms with Crippen molar-refractivity contribution in [2.75, 3.05) is 13.1 Å². The van der Waals surface area contributed by atoms with E-state index in [0.717, 1.165) is 18.9 Å². The van der Waals surface area contributed by atoms with Crippen LogP contribution >= 0.6 is 0 Å². The molecule has 1 aromatic heterocycles. The van der Waals surface area contributed by atoms with Crippen LogP contribution in [-0.4, -0.2) is 41.2 Å². The first kappa shape index (κ1) is 19.7. The fraction of sp³-hybridized carbons (Fsp3) is 0.389. The second-order valence-electron chi connectivity index (χ2n) is 6.24. The molecule has 1 aliphatic rings. The maximum atomic E-state index is 12.5. The van der Waals surface area contributed by atoms with Gasteiger partial charge < -0.3 is 19.4 Å². The number of amides is 2. The normalized spacial score (nSPS) is 14.2. The highest BCUT2D eigenvalue weighted by molar-refractivity contribution is 5.97. The lowest BCUT2D eigenvalue weighted by Crippen LogP contribution is -2.28. The van der Waals surface area contributed by atoms with Crippen LogP contribution in [0, 0.1) is 6.92 Å². The third-order valence-electron chi connectivity index (χ3n) is 4.19. The predicted octanol–water partition coefficient (Wildman–Crippen LogP) is 3.05. The van der Waals surface area contributed by atoms with Gasteiger partial charge in [-0.2, -0.15) is 0 Å². The second kappa shape index (κ2) is 7.91. The van der Waals surface area contributed by atoms with E-state index in [4.69, 9.17) is 4.42 Å². The number of aryl methyl sites for hydroxylation is 1. The van der Waals surface area contributed by atoms with Gasteiger partial charge in [0.2, 0.25) is 5.89 Å². The topological polar surface area (TPSA) is 84.7 Å². The zero-order chi connectivity index (χ0) is 20.3. The van der Waals surface area contributed by atoms with Crippen LogP contribution in [-0.2, 0) is 6.54 Å². The molecule has 0 bridgehead atoms. The van der Waals surface area contributed by atoms with E-state index in [9.17, 15) is 22.8 Å². The van der Waals surface area contributed by atoms with Gasteiger partial charge in [0, 0.05) is 13.1 Å². The van der Waals surface area contributed by atoms with Gasteiger partial charge in [-0.25, -0.2) is 4.98 Å². The molecule has 0 saturated carbocycles. The molecule has 0 spiro atoms. The number of carbonyl (C=O) groups is 2. The molecule has 0 unspecified atom stereocenters. The van der Waals surface area contributed by atoms with Gasteiger partial charge in [0.05, 0.1) is 12.1 Å². The predicted molar refractivity (Wildman–Crippen MR) is 90.7 cm³/mol. The number of hydrogen-bond acceptors (Lipinski definition) is 5. The molecule has 1 N–H and O–H groups in total. The number of para-hydroxylation sites is 1. The van der Waals surface area contributed by atoms with Crippen molar-refractivity contribution >= 4 is 11.8 Å². The summed E-state index contributed by atoms with van der Waals surface area (Å²) >= 11 is 0. The Morgan fingerprint density at radius 2 is 1.93 bits per heavy atom. The number of alkyl halides is 3. The van der Waals surface area contributed by atoms with Crippen LogP contribution in [0.15, 0.2) is 28.7 Å². The zero-order valence-corrected chi connectivity index (χ0v) is 15.0. The average molecular weight is 397 g/mol. The molecule has 10 heteroatoms. The SMILES string of the molecule is Cc1oc(CNC(=O)c2ccccc2OC(F)(F)F)nc1C(=O)N1CCCC1. The molecule has 3 rings (SSSR count). The first-order valence-corrected chi connectivity index (χ1v) is 8.63. The van der Waals surface area contributed by atoms with Gasteiger partial charge in [-0.15, -0.1) is 13.2 Å². The Bertz CT molecular complexity index is 873. The van der Waals surface area contributed by atoms with E-state index in [0.29, 0.717) is 18.8 Å². The number of halogens is 3. The Labute approximate surface area is 158 Å². The molecule has 150 valence electrons. The van der Waals surface area contributed by atoms with Crippen molar-refractivity contribution < 1.29 is 31.9 Å². The van der Waals surface area contributed by atoms with Crippen LogP contribution in [0.1, 0.15) is 45.3 Å². The number of aromatic nitrogens is 1. The summed E-state index contributed by atoms with van der Waals surface area (Å²) in [6, 6.07) is 5.00. The van der Waals surface area contributed by atoms with Crippen molar-refractivity contribution in [1.82, 2.24) is 15.2 Å². The maximum absolute atomic E-state index is 12.5. The number of hydrogen-bond donors (Lipinski definition) is 1. The largest absolute Gasteiger partial charge is 0.573 e. The van der Waals surface area contributed by atoms with E-state index in [1.807, 2.05) is 0 Å². The summed E-state index contributed by atoms with van der Waals surface area (Å²) in [4.78, 5) is 30.5. The highest BCUT2D eigenvalue weighted by atomic mass is 19.4. The van der Waals surface area contributed by atoms with E-state index in [1.165, 1.54) is 18.2 Å². The zero-order valence-electron chi connectivity index (χ0n) is 15.0. The lowest BCUT2D eigenvalue weighted by Gasteiger charge is -2.13. The Balaban J connectivity index is 1.67. The Morgan fingerprint density at radius 1 is 1.25 bits per heavy atom. The lowest BCUT2D eigenvalue weighted by molar-refractivity contribution is -0.274. The molecule has 28 heavy (non-hydrogen) atoms. The van der Waals surface area contributed by atoms with Crippen LogP contribution in [0.5, 0.6) is 5.75 Å². The quantitative estimate of drug-likeness (QED) is 0.838. The van der Waals surface area contributed by atoms with Crippen molar-refractivity contribution in [3.8, 4) is 5.75 Å². The van der Waals surface area contributed by atoms with Crippen molar-refractivity contribution in [1.29, 1.82) is 0 Å². The summed E-state index contributed by atoms with van der Waals surface area (Å²) in [5.74, 6) is -1.23. The molecule has 0 atom stereocenters. The summed E-state index contributed by atoms with van der Waals surface area (Å²) in [5, 5.41) is 2.42. The van der Waals surface area contributed by atoms with Crippen molar-refractivity contribution in [3.05, 3.63) is 47.2 Å². The van der Waals surface area contributed by atoms with Gasteiger partial charge in [0.15, 0.2) is 5.69 Å². The molecule has 2 aromatic rings. The molecule has 1 fully saturated rings. The molecule has 1 saturated heterocycles. The summed E-state index contributed by atoms with van der Waals surface area (Å²) in [6.45, 7) is 2.72. The van der Waals surface area contributed by atoms with Crippen molar-refractivity contribution in [2.45, 2.75) is 32.7 Å². The Morgan fingerprint density at radius 3 is 2.61 bits per heavy atom. The fourth-order valence-corrected chi connectivity index (χ4v) is 2.91. The molecule has 0 radical (unpaired) electrons. The third-order valence-corrected chi connectivity index (χ3v) is 4.19. The van der Waals surface area contributed by atoms with E-state index < -0.39 is 18.0 Å². The summed E-state index contributed by atoms with van der Waals surface area (Å²) in [6.07, 6.45) is -3.04. The minimum absolute atomic E-state index is 0.0858. The molecular weight excluding hydrogens is 379 g/mol. The van der Waals surface area contributed by atoms with Crippen LogP contribution in [0.2, 0.25) is 0 Å². The average Bonchev–Trinajstić information content (AvgIpc) is 3.28. The molecular formula is C18H18F3N3O4. The Kier molecular flexibility index (Phi) is 5.57. The number of carbonyl (C=O) groups excluding carboxylic acids is 2. The Hall–Kier alpha value is -3.04. The number of rotatable bonds is 5. The first-order valence-electron chi connectivity index (χ1n) is 8.63. The fourth-order valence-electron chi connectivity index (χ4n) is 2.91. The minimum atomic E-state index is -4.92. The molecule has 1 aromatic carbocycles. The van der Waals surface area contributed by atoms with Gasteiger partial charge in [0.1, 0.15) is 11.5 Å². The van der Waals surface area contributed by atoms with Gasteiger partial charge in [-0.3, -0.25) is 9.59 Å². The highest BCUT2D eigenvalue weighted by Crippen LogP contribution is 2.26. The molecule has 7 nitrogen and oxygen atoms in total. The van der Waals surface area contributed by atoms with Gasteiger partial charge >= 0.3 is 6.36 Å². The minimum Gasteiger partial charge on any atom is -0.443 e. The van der Waals surface area contributed by atoms with E-state index in [1.54, 1.807) is 11.8 Å². The van der Waals surface area contributed by atoms with Crippen molar-refractivity contribution in [3.63, 3.8) is 0 Å². The molecule has 0 aliphatic carbocycles. The lowest BCUT2D eigenvalue weighted by atomic mass is 10.2. The van der Waals surface area contributed by atoms with E-state index >= 15 is 0 Å². The molecule has 2 amide bonds. The summed E-state index contributed by atoms with van der Waals surface area (Å²) in [5.41, 5.74) is -0.108. The van der Waals surface area contributed by atoms with Crippen LogP contribution in [0.3, 0.4) is 0 Å². The van der Waals surface area contributed by atoms with E-state index in [-0.39, 0.29) is 29.6 Å². The summed E-state index contributed by atoms with van der Waals surface area (Å²) < 4.78 is 46.7. The monoisotopic (exact) mass is 397 g/mol. The number of nitrogens with one attached hydrogen (secondary N) is 1. The number of oxazole rings is 1. The highest BCUT2D eigenvalue weighted by Gasteiger charge is 2.33. The molecule has 1 aliphatic heterocycles. The van der Waals surface area contributed by atoms with Crippen molar-refractivity contribution in [2.24, 2.45) is 0 Å². The van der Waals surface area contributed by atoms with Crippen LogP contribution < -0.4 is 10.1 Å². The second-order valence-corrected chi connectivity index (χ2v) is 6.24. The van der Waals surface area contributed by atoms with Gasteiger partial charge in [-0.1, -0.05) is 12.1 Å². The van der Waals surface area contributed by atoms with Crippen LogP contribution in [0.4, 0.5) is 13.2 Å². The summed E-state index contributed by atoms with van der Waals surface area (Å²) in [7, 11) is 0. The maximum Gasteiger partial charge on any atom is 0.573 e. The van der Waals surface area contributed by atoms with Gasteiger partial charge in [0.25, 0.3) is 11.8 Å². The smallest absolute Gasteiger partial charge is 0.443 e. The number of nitrogens with zero attached hydrogens (tertiary/aromatic N) is 2. The van der Waals surface area contributed by atoms with E-state index in [2.05, 4.69) is 15.0 Å². The molecule has 2 heterocycles. The number of ether oxygens (including phenoxy) is 1. The van der Waals surface area contributed by atoms with Gasteiger partial charge in [-0.05, 0) is 31.9 Å². The standard InChI is InChI=1S/C18H18F3N3O4/c1-11-15(17(26)24-8-4-5-9-24)23-14(27-11)10-22-16(25)12-6-2-3-7-13(12)28-18(19,20)21/h2-3,6-7H,4-5,8-10H2,1H3,(H,22,25). The first-order chi connectivity index (χ1) is 13.2. The third kappa shape index (κ3) is 4.62. The number of benzene rings is 1. The number of likely N-dealkylation sites (tertiary alicyclic amines) is 1. The van der Waals surface area contributed by atoms with Crippen LogP contribution in [0.25, 0.3) is 0 Å².